The zero-order chi connectivity index (χ0) is 16.8. The van der Waals surface area contributed by atoms with Crippen LogP contribution in [-0.4, -0.2) is 17.9 Å². The van der Waals surface area contributed by atoms with E-state index in [1.807, 2.05) is 39.0 Å². The van der Waals surface area contributed by atoms with Crippen LogP contribution in [0.15, 0.2) is 48.5 Å². The zero-order valence-electron chi connectivity index (χ0n) is 13.7. The molecule has 0 aromatic heterocycles. The van der Waals surface area contributed by atoms with Crippen molar-refractivity contribution in [1.29, 1.82) is 0 Å². The monoisotopic (exact) mass is 310 g/mol. The highest BCUT2D eigenvalue weighted by Crippen LogP contribution is 2.14. The third kappa shape index (κ3) is 4.42. The molecule has 0 radical (unpaired) electrons. The van der Waals surface area contributed by atoms with Crippen molar-refractivity contribution in [3.05, 3.63) is 65.2 Å². The maximum Gasteiger partial charge on any atom is 0.255 e. The van der Waals surface area contributed by atoms with Crippen LogP contribution in [0, 0.1) is 6.92 Å². The SMILES string of the molecule is CC[C@H](C)NC(=O)c1cccc(NC(=O)c2ccccc2C)c1. The molecule has 0 aliphatic heterocycles. The van der Waals surface area contributed by atoms with Crippen LogP contribution in [0.3, 0.4) is 0 Å². The summed E-state index contributed by atoms with van der Waals surface area (Å²) in [5.74, 6) is -0.311. The number of carbonyl (C=O) groups excluding carboxylic acids is 2. The summed E-state index contributed by atoms with van der Waals surface area (Å²) >= 11 is 0. The van der Waals surface area contributed by atoms with E-state index in [4.69, 9.17) is 0 Å². The predicted octanol–water partition coefficient (Wildman–Crippen LogP) is 3.78. The van der Waals surface area contributed by atoms with Crippen molar-refractivity contribution in [3.8, 4) is 0 Å². The molecule has 4 nitrogen and oxygen atoms in total. The number of amides is 2. The largest absolute Gasteiger partial charge is 0.350 e. The summed E-state index contributed by atoms with van der Waals surface area (Å²) in [6, 6.07) is 14.5. The minimum absolute atomic E-state index is 0.118. The lowest BCUT2D eigenvalue weighted by Gasteiger charge is -2.12. The zero-order valence-corrected chi connectivity index (χ0v) is 13.7. The fraction of sp³-hybridized carbons (Fsp3) is 0.263. The molecule has 2 amide bonds. The third-order valence-electron chi connectivity index (χ3n) is 3.76. The highest BCUT2D eigenvalue weighted by molar-refractivity contribution is 6.06. The summed E-state index contributed by atoms with van der Waals surface area (Å²) in [4.78, 5) is 24.5. The minimum Gasteiger partial charge on any atom is -0.350 e. The molecule has 0 aliphatic carbocycles. The van der Waals surface area contributed by atoms with Crippen molar-refractivity contribution in [1.82, 2.24) is 5.32 Å². The van der Waals surface area contributed by atoms with Crippen LogP contribution in [0.5, 0.6) is 0 Å². The Kier molecular flexibility index (Phi) is 5.52. The molecule has 23 heavy (non-hydrogen) atoms. The highest BCUT2D eigenvalue weighted by Gasteiger charge is 2.11. The normalized spacial score (nSPS) is 11.6. The molecular formula is C19H22N2O2. The van der Waals surface area contributed by atoms with Crippen molar-refractivity contribution < 1.29 is 9.59 Å². The number of nitrogens with one attached hydrogen (secondary N) is 2. The molecule has 0 heterocycles. The first-order valence-corrected chi connectivity index (χ1v) is 7.79. The molecule has 2 aromatic carbocycles. The molecule has 0 spiro atoms. The summed E-state index contributed by atoms with van der Waals surface area (Å²) in [7, 11) is 0. The Hall–Kier alpha value is -2.62. The Morgan fingerprint density at radius 2 is 1.78 bits per heavy atom. The van der Waals surface area contributed by atoms with Crippen molar-refractivity contribution in [2.75, 3.05) is 5.32 Å². The van der Waals surface area contributed by atoms with Gasteiger partial charge in [-0.15, -0.1) is 0 Å². The molecular weight excluding hydrogens is 288 g/mol. The van der Waals surface area contributed by atoms with Gasteiger partial charge in [-0.05, 0) is 50.1 Å². The second-order valence-corrected chi connectivity index (χ2v) is 5.63. The van der Waals surface area contributed by atoms with Crippen molar-refractivity contribution in [2.24, 2.45) is 0 Å². The highest BCUT2D eigenvalue weighted by atomic mass is 16.2. The maximum absolute atomic E-state index is 12.3. The summed E-state index contributed by atoms with van der Waals surface area (Å²) in [6.45, 7) is 5.87. The maximum atomic E-state index is 12.3. The fourth-order valence-corrected chi connectivity index (χ4v) is 2.17. The smallest absolute Gasteiger partial charge is 0.255 e. The van der Waals surface area contributed by atoms with Crippen LogP contribution in [0.1, 0.15) is 46.5 Å². The van der Waals surface area contributed by atoms with Crippen LogP contribution in [-0.2, 0) is 0 Å². The third-order valence-corrected chi connectivity index (χ3v) is 3.76. The molecule has 0 saturated heterocycles. The van der Waals surface area contributed by atoms with E-state index in [1.165, 1.54) is 0 Å². The van der Waals surface area contributed by atoms with Crippen molar-refractivity contribution >= 4 is 17.5 Å². The van der Waals surface area contributed by atoms with Crippen LogP contribution in [0.25, 0.3) is 0 Å². The second kappa shape index (κ2) is 7.58. The summed E-state index contributed by atoms with van der Waals surface area (Å²) in [5.41, 5.74) is 2.68. The van der Waals surface area contributed by atoms with Gasteiger partial charge in [0.2, 0.25) is 0 Å². The lowest BCUT2D eigenvalue weighted by Crippen LogP contribution is -2.31. The summed E-state index contributed by atoms with van der Waals surface area (Å²) in [5, 5.41) is 5.76. The Morgan fingerprint density at radius 1 is 1.04 bits per heavy atom. The van der Waals surface area contributed by atoms with Gasteiger partial charge in [-0.3, -0.25) is 9.59 Å². The van der Waals surface area contributed by atoms with Gasteiger partial charge in [-0.25, -0.2) is 0 Å². The predicted molar refractivity (Wildman–Crippen MR) is 92.8 cm³/mol. The van der Waals surface area contributed by atoms with Gasteiger partial charge in [0.25, 0.3) is 11.8 Å². The van der Waals surface area contributed by atoms with Gasteiger partial charge in [0.1, 0.15) is 0 Å². The van der Waals surface area contributed by atoms with E-state index in [0.717, 1.165) is 12.0 Å². The molecule has 4 heteroatoms. The van der Waals surface area contributed by atoms with Gasteiger partial charge in [-0.1, -0.05) is 31.2 Å². The van der Waals surface area contributed by atoms with Gasteiger partial charge in [0.05, 0.1) is 0 Å². The second-order valence-electron chi connectivity index (χ2n) is 5.63. The molecule has 0 unspecified atom stereocenters. The van der Waals surface area contributed by atoms with Crippen LogP contribution < -0.4 is 10.6 Å². The molecule has 120 valence electrons. The van der Waals surface area contributed by atoms with E-state index in [-0.39, 0.29) is 17.9 Å². The number of carbonyl (C=O) groups is 2. The summed E-state index contributed by atoms with van der Waals surface area (Å²) in [6.07, 6.45) is 0.870. The minimum atomic E-state index is -0.178. The van der Waals surface area contributed by atoms with Gasteiger partial charge in [0, 0.05) is 22.9 Å². The van der Waals surface area contributed by atoms with Crippen LogP contribution in [0.2, 0.25) is 0 Å². The van der Waals surface area contributed by atoms with Gasteiger partial charge in [-0.2, -0.15) is 0 Å². The van der Waals surface area contributed by atoms with Gasteiger partial charge < -0.3 is 10.6 Å². The average Bonchev–Trinajstić information content (AvgIpc) is 2.55. The average molecular weight is 310 g/mol. The summed E-state index contributed by atoms with van der Waals surface area (Å²) < 4.78 is 0. The number of aryl methyl sites for hydroxylation is 1. The number of rotatable bonds is 5. The fourth-order valence-electron chi connectivity index (χ4n) is 2.17. The quantitative estimate of drug-likeness (QED) is 0.883. The molecule has 0 fully saturated rings. The first-order chi connectivity index (χ1) is 11.0. The van der Waals surface area contributed by atoms with Gasteiger partial charge >= 0.3 is 0 Å². The molecule has 2 N–H and O–H groups in total. The van der Waals surface area contributed by atoms with Gasteiger partial charge in [0.15, 0.2) is 0 Å². The van der Waals surface area contributed by atoms with E-state index in [9.17, 15) is 9.59 Å². The van der Waals surface area contributed by atoms with Crippen molar-refractivity contribution in [3.63, 3.8) is 0 Å². The molecule has 2 aromatic rings. The van der Waals surface area contributed by atoms with Crippen LogP contribution >= 0.6 is 0 Å². The number of hydrogen-bond donors (Lipinski definition) is 2. The lowest BCUT2D eigenvalue weighted by molar-refractivity contribution is 0.0938. The van der Waals surface area contributed by atoms with Crippen LogP contribution in [0.4, 0.5) is 5.69 Å². The van der Waals surface area contributed by atoms with Crippen molar-refractivity contribution in [2.45, 2.75) is 33.2 Å². The Balaban J connectivity index is 2.13. The topological polar surface area (TPSA) is 58.2 Å². The number of benzene rings is 2. The Bertz CT molecular complexity index is 710. The van der Waals surface area contributed by atoms with E-state index in [1.54, 1.807) is 30.3 Å². The first kappa shape index (κ1) is 16.7. The molecule has 2 rings (SSSR count). The van der Waals surface area contributed by atoms with E-state index >= 15 is 0 Å². The van der Waals surface area contributed by atoms with E-state index in [0.29, 0.717) is 16.8 Å². The first-order valence-electron chi connectivity index (χ1n) is 7.79. The van der Waals surface area contributed by atoms with E-state index < -0.39 is 0 Å². The standard InChI is InChI=1S/C19H22N2O2/c1-4-14(3)20-18(22)15-9-7-10-16(12-15)21-19(23)17-11-6-5-8-13(17)2/h5-12,14H,4H2,1-3H3,(H,20,22)(H,21,23)/t14-/m0/s1. The molecule has 0 bridgehead atoms. The number of anilines is 1. The van der Waals surface area contributed by atoms with E-state index in [2.05, 4.69) is 10.6 Å². The molecule has 0 saturated carbocycles. The Labute approximate surface area is 136 Å². The lowest BCUT2D eigenvalue weighted by atomic mass is 10.1. The molecule has 0 aliphatic rings. The molecule has 1 atom stereocenters. The Morgan fingerprint density at radius 3 is 2.48 bits per heavy atom. The number of hydrogen-bond acceptors (Lipinski definition) is 2.